The van der Waals surface area contributed by atoms with Gasteiger partial charge in [-0.3, -0.25) is 4.79 Å². The van der Waals surface area contributed by atoms with Gasteiger partial charge in [0, 0.05) is 18.2 Å². The molecular formula is C15H22N2O3S. The number of hydrogen-bond donors (Lipinski definition) is 1. The van der Waals surface area contributed by atoms with E-state index >= 15 is 0 Å². The standard InChI is InChI=1S/C15H22N2O3S/c1-11-8-13(10-14(9-11)21(16,19)20)15(18)17-7-5-3-4-6-12(17)2/h8-10,12H,3-7H2,1-2H3,(H2,16,19,20). The summed E-state index contributed by atoms with van der Waals surface area (Å²) in [7, 11) is -3.80. The van der Waals surface area contributed by atoms with Crippen LogP contribution in [0.15, 0.2) is 23.1 Å². The van der Waals surface area contributed by atoms with Crippen LogP contribution in [-0.2, 0) is 10.0 Å². The lowest BCUT2D eigenvalue weighted by molar-refractivity contribution is 0.0697. The summed E-state index contributed by atoms with van der Waals surface area (Å²) >= 11 is 0. The number of carbonyl (C=O) groups is 1. The molecule has 0 aliphatic carbocycles. The summed E-state index contributed by atoms with van der Waals surface area (Å²) in [5, 5.41) is 5.17. The SMILES string of the molecule is Cc1cc(C(=O)N2CCCCCC2C)cc(S(N)(=O)=O)c1. The summed E-state index contributed by atoms with van der Waals surface area (Å²) in [6, 6.07) is 4.76. The van der Waals surface area contributed by atoms with Gasteiger partial charge in [-0.1, -0.05) is 12.8 Å². The van der Waals surface area contributed by atoms with Crippen molar-refractivity contribution in [2.75, 3.05) is 6.54 Å². The molecule has 1 aliphatic heterocycles. The molecule has 0 bridgehead atoms. The van der Waals surface area contributed by atoms with Gasteiger partial charge in [0.25, 0.3) is 5.91 Å². The molecular weight excluding hydrogens is 288 g/mol. The van der Waals surface area contributed by atoms with Crippen molar-refractivity contribution in [3.05, 3.63) is 29.3 Å². The zero-order valence-electron chi connectivity index (χ0n) is 12.5. The van der Waals surface area contributed by atoms with Crippen LogP contribution in [-0.4, -0.2) is 31.8 Å². The van der Waals surface area contributed by atoms with Gasteiger partial charge in [-0.25, -0.2) is 13.6 Å². The van der Waals surface area contributed by atoms with Gasteiger partial charge in [-0.2, -0.15) is 0 Å². The molecule has 1 unspecified atom stereocenters. The van der Waals surface area contributed by atoms with Gasteiger partial charge in [-0.15, -0.1) is 0 Å². The third-order valence-corrected chi connectivity index (χ3v) is 4.83. The van der Waals surface area contributed by atoms with Gasteiger partial charge < -0.3 is 4.90 Å². The average Bonchev–Trinajstić information content (AvgIpc) is 2.61. The van der Waals surface area contributed by atoms with Gasteiger partial charge >= 0.3 is 0 Å². The number of nitrogens with zero attached hydrogens (tertiary/aromatic N) is 1. The molecule has 2 rings (SSSR count). The molecule has 1 fully saturated rings. The molecule has 1 aromatic rings. The van der Waals surface area contributed by atoms with E-state index in [4.69, 9.17) is 5.14 Å². The first-order chi connectivity index (χ1) is 9.79. The molecule has 1 amide bonds. The van der Waals surface area contributed by atoms with E-state index in [1.54, 1.807) is 13.0 Å². The number of primary sulfonamides is 1. The van der Waals surface area contributed by atoms with Gasteiger partial charge in [0.1, 0.15) is 0 Å². The zero-order chi connectivity index (χ0) is 15.6. The van der Waals surface area contributed by atoms with E-state index in [0.29, 0.717) is 11.1 Å². The number of likely N-dealkylation sites (tertiary alicyclic amines) is 1. The monoisotopic (exact) mass is 310 g/mol. The van der Waals surface area contributed by atoms with E-state index in [1.165, 1.54) is 12.1 Å². The number of hydrogen-bond acceptors (Lipinski definition) is 3. The van der Waals surface area contributed by atoms with Crippen LogP contribution in [0, 0.1) is 6.92 Å². The Bertz CT molecular complexity index is 640. The zero-order valence-corrected chi connectivity index (χ0v) is 13.3. The molecule has 1 aromatic carbocycles. The molecule has 1 heterocycles. The Kier molecular flexibility index (Phi) is 4.68. The number of sulfonamides is 1. The Morgan fingerprint density at radius 2 is 1.95 bits per heavy atom. The highest BCUT2D eigenvalue weighted by molar-refractivity contribution is 7.89. The molecule has 6 heteroatoms. The van der Waals surface area contributed by atoms with Crippen LogP contribution in [0.2, 0.25) is 0 Å². The highest BCUT2D eigenvalue weighted by Gasteiger charge is 2.24. The third kappa shape index (κ3) is 3.83. The molecule has 1 aliphatic rings. The van der Waals surface area contributed by atoms with E-state index in [-0.39, 0.29) is 16.8 Å². The number of aryl methyl sites for hydroxylation is 1. The minimum atomic E-state index is -3.80. The van der Waals surface area contributed by atoms with Crippen LogP contribution >= 0.6 is 0 Å². The van der Waals surface area contributed by atoms with Crippen molar-refractivity contribution >= 4 is 15.9 Å². The number of nitrogens with two attached hydrogens (primary N) is 1. The Balaban J connectivity index is 2.36. The van der Waals surface area contributed by atoms with Crippen molar-refractivity contribution in [3.63, 3.8) is 0 Å². The normalized spacial score (nSPS) is 20.1. The highest BCUT2D eigenvalue weighted by Crippen LogP contribution is 2.21. The van der Waals surface area contributed by atoms with Crippen molar-refractivity contribution < 1.29 is 13.2 Å². The largest absolute Gasteiger partial charge is 0.336 e. The Morgan fingerprint density at radius 3 is 2.62 bits per heavy atom. The van der Waals surface area contributed by atoms with Crippen molar-refractivity contribution in [3.8, 4) is 0 Å². The van der Waals surface area contributed by atoms with Crippen LogP contribution in [0.4, 0.5) is 0 Å². The predicted molar refractivity (Wildman–Crippen MR) is 81.5 cm³/mol. The van der Waals surface area contributed by atoms with Crippen LogP contribution in [0.1, 0.15) is 48.5 Å². The van der Waals surface area contributed by atoms with Crippen molar-refractivity contribution in [2.45, 2.75) is 50.5 Å². The van der Waals surface area contributed by atoms with E-state index in [9.17, 15) is 13.2 Å². The average molecular weight is 310 g/mol. The lowest BCUT2D eigenvalue weighted by atomic mass is 10.1. The summed E-state index contributed by atoms with van der Waals surface area (Å²) in [4.78, 5) is 14.5. The van der Waals surface area contributed by atoms with Crippen LogP contribution in [0.25, 0.3) is 0 Å². The first-order valence-electron chi connectivity index (χ1n) is 7.24. The Hall–Kier alpha value is -1.40. The van der Waals surface area contributed by atoms with E-state index in [1.807, 2.05) is 11.8 Å². The van der Waals surface area contributed by atoms with E-state index < -0.39 is 10.0 Å². The number of amides is 1. The number of benzene rings is 1. The van der Waals surface area contributed by atoms with E-state index in [2.05, 4.69) is 0 Å². The third-order valence-electron chi connectivity index (χ3n) is 3.94. The van der Waals surface area contributed by atoms with Gasteiger partial charge in [-0.05, 0) is 50.5 Å². The van der Waals surface area contributed by atoms with Crippen molar-refractivity contribution in [2.24, 2.45) is 5.14 Å². The number of rotatable bonds is 2. The fourth-order valence-corrected chi connectivity index (χ4v) is 3.42. The Labute approximate surface area is 126 Å². The maximum atomic E-state index is 12.7. The molecule has 2 N–H and O–H groups in total. The molecule has 21 heavy (non-hydrogen) atoms. The second-order valence-electron chi connectivity index (χ2n) is 5.78. The maximum Gasteiger partial charge on any atom is 0.254 e. The molecule has 116 valence electrons. The predicted octanol–water partition coefficient (Wildman–Crippen LogP) is 2.05. The molecule has 0 spiro atoms. The molecule has 1 atom stereocenters. The lowest BCUT2D eigenvalue weighted by Gasteiger charge is -2.27. The fourth-order valence-electron chi connectivity index (χ4n) is 2.78. The minimum absolute atomic E-state index is 0.00618. The molecule has 0 saturated carbocycles. The quantitative estimate of drug-likeness (QED) is 0.907. The second-order valence-corrected chi connectivity index (χ2v) is 7.34. The van der Waals surface area contributed by atoms with Crippen molar-refractivity contribution in [1.82, 2.24) is 4.90 Å². The summed E-state index contributed by atoms with van der Waals surface area (Å²) in [6.45, 7) is 4.52. The highest BCUT2D eigenvalue weighted by atomic mass is 32.2. The topological polar surface area (TPSA) is 80.5 Å². The molecule has 0 radical (unpaired) electrons. The van der Waals surface area contributed by atoms with Gasteiger partial charge in [0.15, 0.2) is 0 Å². The van der Waals surface area contributed by atoms with Gasteiger partial charge in [0.2, 0.25) is 10.0 Å². The van der Waals surface area contributed by atoms with E-state index in [0.717, 1.165) is 32.2 Å². The van der Waals surface area contributed by atoms with Crippen LogP contribution in [0.3, 0.4) is 0 Å². The van der Waals surface area contributed by atoms with Crippen molar-refractivity contribution in [1.29, 1.82) is 0 Å². The summed E-state index contributed by atoms with van der Waals surface area (Å²) in [5.74, 6) is -0.113. The second kappa shape index (κ2) is 6.15. The maximum absolute atomic E-state index is 12.7. The summed E-state index contributed by atoms with van der Waals surface area (Å²) in [6.07, 6.45) is 4.23. The minimum Gasteiger partial charge on any atom is -0.336 e. The summed E-state index contributed by atoms with van der Waals surface area (Å²) < 4.78 is 23.0. The first-order valence-corrected chi connectivity index (χ1v) is 8.79. The smallest absolute Gasteiger partial charge is 0.254 e. The molecule has 0 aromatic heterocycles. The fraction of sp³-hybridized carbons (Fsp3) is 0.533. The van der Waals surface area contributed by atoms with Gasteiger partial charge in [0.05, 0.1) is 4.90 Å². The lowest BCUT2D eigenvalue weighted by Crippen LogP contribution is -2.38. The summed E-state index contributed by atoms with van der Waals surface area (Å²) in [5.41, 5.74) is 1.11. The first kappa shape index (κ1) is 16.0. The number of carbonyl (C=O) groups excluding carboxylic acids is 1. The van der Waals surface area contributed by atoms with Crippen LogP contribution in [0.5, 0.6) is 0 Å². The molecule has 5 nitrogen and oxygen atoms in total. The Morgan fingerprint density at radius 1 is 1.24 bits per heavy atom. The van der Waals surface area contributed by atoms with Crippen LogP contribution < -0.4 is 5.14 Å². The molecule has 1 saturated heterocycles.